The Bertz CT molecular complexity index is 1160. The Balaban J connectivity index is 1.89. The molecule has 3 rings (SSSR count). The third kappa shape index (κ3) is 5.15. The fourth-order valence-electron chi connectivity index (χ4n) is 2.42. The van der Waals surface area contributed by atoms with Crippen LogP contribution < -0.4 is 10.0 Å². The van der Waals surface area contributed by atoms with Crippen molar-refractivity contribution in [2.45, 2.75) is 4.90 Å². The smallest absolute Gasteiger partial charge is 0.263 e. The molecule has 5 nitrogen and oxygen atoms in total. The minimum Gasteiger partial charge on any atom is -0.322 e. The van der Waals surface area contributed by atoms with Crippen LogP contribution in [0.15, 0.2) is 65.6 Å². The van der Waals surface area contributed by atoms with Gasteiger partial charge >= 0.3 is 0 Å². The van der Waals surface area contributed by atoms with Crippen LogP contribution in [-0.4, -0.2) is 14.3 Å². The summed E-state index contributed by atoms with van der Waals surface area (Å²) in [5, 5.41) is 3.36. The Labute approximate surface area is 187 Å². The molecule has 3 aromatic rings. The summed E-state index contributed by atoms with van der Waals surface area (Å²) in [5.74, 6) is -0.586. The first-order valence-electron chi connectivity index (χ1n) is 8.01. The second-order valence-corrected chi connectivity index (χ2v) is 9.12. The Morgan fingerprint density at radius 2 is 1.34 bits per heavy atom. The van der Waals surface area contributed by atoms with Gasteiger partial charge in [0.05, 0.1) is 20.6 Å². The van der Waals surface area contributed by atoms with Crippen molar-refractivity contribution in [3.8, 4) is 0 Å². The molecular formula is C19H12Cl4N2O3S. The van der Waals surface area contributed by atoms with E-state index in [1.807, 2.05) is 0 Å². The molecule has 150 valence electrons. The van der Waals surface area contributed by atoms with E-state index in [4.69, 9.17) is 46.4 Å². The highest BCUT2D eigenvalue weighted by atomic mass is 35.5. The number of amides is 1. The zero-order valence-corrected chi connectivity index (χ0v) is 18.3. The minimum absolute atomic E-state index is 0.0137. The number of anilines is 2. The molecule has 0 spiro atoms. The van der Waals surface area contributed by atoms with E-state index < -0.39 is 15.9 Å². The highest BCUT2D eigenvalue weighted by Gasteiger charge is 2.20. The second kappa shape index (κ2) is 8.81. The number of benzene rings is 3. The Kier molecular flexibility index (Phi) is 6.61. The van der Waals surface area contributed by atoms with Gasteiger partial charge in [0.15, 0.2) is 0 Å². The van der Waals surface area contributed by atoms with E-state index >= 15 is 0 Å². The zero-order chi connectivity index (χ0) is 21.2. The maximum absolute atomic E-state index is 12.7. The summed E-state index contributed by atoms with van der Waals surface area (Å²) in [6.07, 6.45) is 0. The predicted octanol–water partition coefficient (Wildman–Crippen LogP) is 6.35. The number of carbonyl (C=O) groups is 1. The van der Waals surface area contributed by atoms with Crippen LogP contribution >= 0.6 is 46.4 Å². The van der Waals surface area contributed by atoms with Crippen LogP contribution in [0.2, 0.25) is 20.1 Å². The monoisotopic (exact) mass is 488 g/mol. The van der Waals surface area contributed by atoms with Gasteiger partial charge in [0.2, 0.25) is 0 Å². The number of carbonyl (C=O) groups excluding carboxylic acids is 1. The fraction of sp³-hybridized carbons (Fsp3) is 0. The average Bonchev–Trinajstić information content (AvgIpc) is 2.65. The molecule has 0 aliphatic heterocycles. The van der Waals surface area contributed by atoms with Crippen molar-refractivity contribution < 1.29 is 13.2 Å². The maximum atomic E-state index is 12.7. The minimum atomic E-state index is -4.02. The molecule has 10 heteroatoms. The average molecular weight is 490 g/mol. The summed E-state index contributed by atoms with van der Waals surface area (Å²) in [7, 11) is -4.02. The number of hydrogen-bond acceptors (Lipinski definition) is 3. The van der Waals surface area contributed by atoms with Crippen LogP contribution in [0.5, 0.6) is 0 Å². The van der Waals surface area contributed by atoms with Crippen LogP contribution in [0.4, 0.5) is 11.4 Å². The molecule has 0 saturated carbocycles. The number of sulfonamides is 1. The van der Waals surface area contributed by atoms with E-state index in [0.29, 0.717) is 10.7 Å². The Morgan fingerprint density at radius 1 is 0.759 bits per heavy atom. The van der Waals surface area contributed by atoms with Gasteiger partial charge in [-0.1, -0.05) is 52.5 Å². The molecule has 0 saturated heterocycles. The molecule has 0 radical (unpaired) electrons. The van der Waals surface area contributed by atoms with E-state index in [1.54, 1.807) is 18.2 Å². The van der Waals surface area contributed by atoms with Crippen molar-refractivity contribution >= 4 is 73.7 Å². The molecule has 0 fully saturated rings. The van der Waals surface area contributed by atoms with Crippen LogP contribution in [0.25, 0.3) is 0 Å². The number of nitrogens with one attached hydrogen (secondary N) is 2. The van der Waals surface area contributed by atoms with Gasteiger partial charge in [0.25, 0.3) is 15.9 Å². The molecule has 0 aliphatic carbocycles. The Morgan fingerprint density at radius 3 is 1.97 bits per heavy atom. The van der Waals surface area contributed by atoms with Gasteiger partial charge in [0, 0.05) is 16.4 Å². The van der Waals surface area contributed by atoms with Gasteiger partial charge in [-0.05, 0) is 54.6 Å². The molecule has 0 bridgehead atoms. The third-order valence-corrected chi connectivity index (χ3v) is 6.51. The largest absolute Gasteiger partial charge is 0.322 e. The van der Waals surface area contributed by atoms with Crippen LogP contribution in [0.3, 0.4) is 0 Å². The quantitative estimate of drug-likeness (QED) is 0.438. The molecule has 0 aliphatic rings. The number of hydrogen-bond donors (Lipinski definition) is 2. The highest BCUT2D eigenvalue weighted by Crippen LogP contribution is 2.29. The van der Waals surface area contributed by atoms with E-state index in [1.165, 1.54) is 42.5 Å². The van der Waals surface area contributed by atoms with E-state index in [2.05, 4.69) is 10.0 Å². The van der Waals surface area contributed by atoms with Gasteiger partial charge in [-0.2, -0.15) is 0 Å². The van der Waals surface area contributed by atoms with Gasteiger partial charge in [-0.3, -0.25) is 9.52 Å². The van der Waals surface area contributed by atoms with Gasteiger partial charge in [-0.25, -0.2) is 8.42 Å². The maximum Gasteiger partial charge on any atom is 0.263 e. The zero-order valence-electron chi connectivity index (χ0n) is 14.4. The number of rotatable bonds is 5. The van der Waals surface area contributed by atoms with Gasteiger partial charge in [0.1, 0.15) is 4.90 Å². The molecular weight excluding hydrogens is 478 g/mol. The predicted molar refractivity (Wildman–Crippen MR) is 118 cm³/mol. The molecule has 29 heavy (non-hydrogen) atoms. The molecule has 0 aromatic heterocycles. The highest BCUT2D eigenvalue weighted by molar-refractivity contribution is 7.92. The lowest BCUT2D eigenvalue weighted by molar-refractivity contribution is 0.102. The molecule has 0 atom stereocenters. The Hall–Kier alpha value is -1.96. The van der Waals surface area contributed by atoms with Crippen LogP contribution in [0.1, 0.15) is 10.4 Å². The van der Waals surface area contributed by atoms with Crippen molar-refractivity contribution in [1.82, 2.24) is 0 Å². The standard InChI is InChI=1S/C19H12Cl4N2O3S/c20-11-4-6-12(7-5-11)25-29(27,28)17-10-13(8-9-14(17)21)24-19(26)18-15(22)2-1-3-16(18)23/h1-10,25H,(H,24,26). The summed E-state index contributed by atoms with van der Waals surface area (Å²) in [6, 6.07) is 14.8. The third-order valence-electron chi connectivity index (χ3n) is 3.76. The first kappa shape index (κ1) is 21.7. The summed E-state index contributed by atoms with van der Waals surface area (Å²) >= 11 is 24.0. The first-order chi connectivity index (χ1) is 13.7. The van der Waals surface area contributed by atoms with Crippen LogP contribution in [-0.2, 0) is 10.0 Å². The molecule has 0 unspecified atom stereocenters. The van der Waals surface area contributed by atoms with Crippen molar-refractivity contribution in [2.24, 2.45) is 0 Å². The summed E-state index contributed by atoms with van der Waals surface area (Å²) in [5.41, 5.74) is 0.587. The van der Waals surface area contributed by atoms with Crippen molar-refractivity contribution in [1.29, 1.82) is 0 Å². The van der Waals surface area contributed by atoms with Gasteiger partial charge < -0.3 is 5.32 Å². The van der Waals surface area contributed by atoms with E-state index in [9.17, 15) is 13.2 Å². The topological polar surface area (TPSA) is 75.3 Å². The normalized spacial score (nSPS) is 11.2. The van der Waals surface area contributed by atoms with Crippen LogP contribution in [0, 0.1) is 0 Å². The summed E-state index contributed by atoms with van der Waals surface area (Å²) in [4.78, 5) is 12.3. The molecule has 3 aromatic carbocycles. The first-order valence-corrected chi connectivity index (χ1v) is 11.0. The fourth-order valence-corrected chi connectivity index (χ4v) is 4.70. The lowest BCUT2D eigenvalue weighted by atomic mass is 10.2. The van der Waals surface area contributed by atoms with E-state index in [0.717, 1.165) is 0 Å². The lowest BCUT2D eigenvalue weighted by Gasteiger charge is -2.13. The second-order valence-electron chi connectivity index (χ2n) is 5.81. The molecule has 0 heterocycles. The van der Waals surface area contributed by atoms with Crippen molar-refractivity contribution in [3.05, 3.63) is 86.3 Å². The summed E-state index contributed by atoms with van der Waals surface area (Å²) in [6.45, 7) is 0. The van der Waals surface area contributed by atoms with Gasteiger partial charge in [-0.15, -0.1) is 0 Å². The van der Waals surface area contributed by atoms with Crippen molar-refractivity contribution in [2.75, 3.05) is 10.0 Å². The molecule has 1 amide bonds. The SMILES string of the molecule is O=C(Nc1ccc(Cl)c(S(=O)(=O)Nc2ccc(Cl)cc2)c1)c1c(Cl)cccc1Cl. The van der Waals surface area contributed by atoms with E-state index in [-0.39, 0.29) is 31.2 Å². The molecule has 2 N–H and O–H groups in total. The van der Waals surface area contributed by atoms with Crippen molar-refractivity contribution in [3.63, 3.8) is 0 Å². The number of halogens is 4. The lowest BCUT2D eigenvalue weighted by Crippen LogP contribution is -2.16. The summed E-state index contributed by atoms with van der Waals surface area (Å²) < 4.78 is 27.9.